The summed E-state index contributed by atoms with van der Waals surface area (Å²) in [5.74, 6) is 2.40. The molecule has 9 nitrogen and oxygen atoms in total. The van der Waals surface area contributed by atoms with Crippen LogP contribution in [0.2, 0.25) is 0 Å². The molecule has 0 saturated carbocycles. The monoisotopic (exact) mass is 565 g/mol. The summed E-state index contributed by atoms with van der Waals surface area (Å²) in [5, 5.41) is 0.867. The van der Waals surface area contributed by atoms with E-state index in [1.807, 2.05) is 43.3 Å². The normalized spacial score (nSPS) is 13.8. The Hall–Kier alpha value is -4.92. The van der Waals surface area contributed by atoms with Gasteiger partial charge in [0.2, 0.25) is 11.7 Å². The summed E-state index contributed by atoms with van der Waals surface area (Å²) in [5.41, 5.74) is 3.60. The Balaban J connectivity index is 1.03. The van der Waals surface area contributed by atoms with E-state index in [0.717, 1.165) is 53.8 Å². The van der Waals surface area contributed by atoms with Gasteiger partial charge >= 0.3 is 5.97 Å². The lowest BCUT2D eigenvalue weighted by atomic mass is 9.97. The zero-order valence-electron chi connectivity index (χ0n) is 23.5. The Morgan fingerprint density at radius 1 is 1.05 bits per heavy atom. The van der Waals surface area contributed by atoms with Crippen molar-refractivity contribution in [2.24, 2.45) is 5.92 Å². The maximum absolute atomic E-state index is 13.2. The Bertz CT molecular complexity index is 1700. The standard InChI is InChI=1S/C33H31N3O6/c1-21-27-18-24(32-34-12-15-40-32)7-8-29(27)42-31(21)28(37)16-23-6-9-30(35-19-23)36-13-10-22(11-14-36)20-41-26-5-3-4-25(17-26)33(38)39-2/h3-9,12,15,17-19,22H,10-11,13-14,16,20H2,1-2H3. The number of oxazole rings is 1. The number of ether oxygens (including phenoxy) is 2. The molecule has 1 aliphatic heterocycles. The number of anilines is 1. The molecular weight excluding hydrogens is 534 g/mol. The summed E-state index contributed by atoms with van der Waals surface area (Å²) in [6, 6.07) is 16.6. The summed E-state index contributed by atoms with van der Waals surface area (Å²) in [6.45, 7) is 4.23. The van der Waals surface area contributed by atoms with E-state index in [4.69, 9.17) is 18.3 Å². The zero-order valence-corrected chi connectivity index (χ0v) is 23.5. The van der Waals surface area contributed by atoms with Crippen LogP contribution in [0.4, 0.5) is 5.82 Å². The number of rotatable bonds is 9. The number of Topliss-reactive ketones (excluding diaryl/α,β-unsaturated/α-hetero) is 1. The third kappa shape index (κ3) is 5.76. The molecule has 9 heteroatoms. The number of methoxy groups -OCH3 is 1. The third-order valence-corrected chi connectivity index (χ3v) is 7.72. The van der Waals surface area contributed by atoms with Crippen molar-refractivity contribution in [3.05, 3.63) is 95.7 Å². The number of fused-ring (bicyclic) bond motifs is 1. The van der Waals surface area contributed by atoms with Gasteiger partial charge in [-0.1, -0.05) is 12.1 Å². The molecule has 6 rings (SSSR count). The minimum Gasteiger partial charge on any atom is -0.493 e. The number of furan rings is 1. The summed E-state index contributed by atoms with van der Waals surface area (Å²) < 4.78 is 22.1. The molecule has 1 aliphatic rings. The molecule has 42 heavy (non-hydrogen) atoms. The van der Waals surface area contributed by atoms with Gasteiger partial charge in [-0.3, -0.25) is 4.79 Å². The number of esters is 1. The average Bonchev–Trinajstić information content (AvgIpc) is 3.69. The maximum atomic E-state index is 13.2. The molecule has 2 aromatic carbocycles. The molecule has 0 spiro atoms. The number of carbonyl (C=O) groups excluding carboxylic acids is 2. The van der Waals surface area contributed by atoms with E-state index >= 15 is 0 Å². The quantitative estimate of drug-likeness (QED) is 0.150. The molecular formula is C33H31N3O6. The molecule has 5 aromatic rings. The topological polar surface area (TPSA) is 108 Å². The Morgan fingerprint density at radius 3 is 2.64 bits per heavy atom. The van der Waals surface area contributed by atoms with Gasteiger partial charge in [0.05, 0.1) is 25.5 Å². The predicted molar refractivity (Wildman–Crippen MR) is 157 cm³/mol. The highest BCUT2D eigenvalue weighted by molar-refractivity contribution is 6.01. The van der Waals surface area contributed by atoms with Gasteiger partial charge in [0, 0.05) is 42.2 Å². The SMILES string of the molecule is COC(=O)c1cccc(OCC2CCN(c3ccc(CC(=O)c4oc5ccc(-c6ncco6)cc5c4C)cn3)CC2)c1. The summed E-state index contributed by atoms with van der Waals surface area (Å²) in [6.07, 6.45) is 7.06. The van der Waals surface area contributed by atoms with Gasteiger partial charge in [0.25, 0.3) is 0 Å². The van der Waals surface area contributed by atoms with Crippen molar-refractivity contribution in [2.75, 3.05) is 31.7 Å². The Morgan fingerprint density at radius 2 is 1.90 bits per heavy atom. The van der Waals surface area contributed by atoms with Crippen molar-refractivity contribution >= 4 is 28.5 Å². The van der Waals surface area contributed by atoms with Gasteiger partial charge in [-0.15, -0.1) is 0 Å². The smallest absolute Gasteiger partial charge is 0.337 e. The van der Waals surface area contributed by atoms with E-state index in [9.17, 15) is 9.59 Å². The van der Waals surface area contributed by atoms with Crippen LogP contribution in [0.15, 0.2) is 82.1 Å². The number of aromatic nitrogens is 2. The number of nitrogens with zero attached hydrogens (tertiary/aromatic N) is 3. The fraction of sp³-hybridized carbons (Fsp3) is 0.273. The van der Waals surface area contributed by atoms with E-state index in [1.165, 1.54) is 13.4 Å². The van der Waals surface area contributed by atoms with Crippen LogP contribution >= 0.6 is 0 Å². The first-order chi connectivity index (χ1) is 20.5. The van der Waals surface area contributed by atoms with Crippen molar-refractivity contribution in [3.63, 3.8) is 0 Å². The first-order valence-electron chi connectivity index (χ1n) is 14.0. The molecule has 1 fully saturated rings. The van der Waals surface area contributed by atoms with E-state index in [2.05, 4.69) is 14.9 Å². The molecule has 3 aromatic heterocycles. The van der Waals surface area contributed by atoms with Gasteiger partial charge in [0.15, 0.2) is 5.76 Å². The fourth-order valence-electron chi connectivity index (χ4n) is 5.33. The number of carbonyl (C=O) groups is 2. The van der Waals surface area contributed by atoms with Crippen molar-refractivity contribution in [2.45, 2.75) is 26.2 Å². The minimum absolute atomic E-state index is 0.0890. The number of hydrogen-bond donors (Lipinski definition) is 0. The van der Waals surface area contributed by atoms with E-state index in [1.54, 1.807) is 30.6 Å². The molecule has 0 unspecified atom stereocenters. The highest BCUT2D eigenvalue weighted by Gasteiger charge is 2.22. The van der Waals surface area contributed by atoms with Gasteiger partial charge < -0.3 is 23.2 Å². The fourth-order valence-corrected chi connectivity index (χ4v) is 5.33. The molecule has 1 saturated heterocycles. The van der Waals surface area contributed by atoms with Gasteiger partial charge in [-0.25, -0.2) is 14.8 Å². The summed E-state index contributed by atoms with van der Waals surface area (Å²) >= 11 is 0. The number of aryl methyl sites for hydroxylation is 1. The molecule has 0 bridgehead atoms. The van der Waals surface area contributed by atoms with Crippen LogP contribution in [-0.2, 0) is 11.2 Å². The second-order valence-electron chi connectivity index (χ2n) is 10.5. The lowest BCUT2D eigenvalue weighted by Gasteiger charge is -2.32. The summed E-state index contributed by atoms with van der Waals surface area (Å²) in [7, 11) is 1.37. The van der Waals surface area contributed by atoms with Crippen molar-refractivity contribution in [1.29, 1.82) is 0 Å². The minimum atomic E-state index is -0.376. The largest absolute Gasteiger partial charge is 0.493 e. The highest BCUT2D eigenvalue weighted by Crippen LogP contribution is 2.31. The number of benzene rings is 2. The van der Waals surface area contributed by atoms with Crippen LogP contribution in [0.3, 0.4) is 0 Å². The van der Waals surface area contributed by atoms with Crippen LogP contribution in [-0.4, -0.2) is 48.5 Å². The number of pyridine rings is 1. The maximum Gasteiger partial charge on any atom is 0.337 e. The van der Waals surface area contributed by atoms with E-state index in [0.29, 0.717) is 41.1 Å². The van der Waals surface area contributed by atoms with Gasteiger partial charge in [0.1, 0.15) is 23.4 Å². The predicted octanol–water partition coefficient (Wildman–Crippen LogP) is 6.30. The van der Waals surface area contributed by atoms with Gasteiger partial charge in [-0.05, 0) is 73.7 Å². The van der Waals surface area contributed by atoms with E-state index < -0.39 is 0 Å². The third-order valence-electron chi connectivity index (χ3n) is 7.72. The second kappa shape index (κ2) is 11.9. The molecule has 0 atom stereocenters. The Kier molecular flexibility index (Phi) is 7.72. The van der Waals surface area contributed by atoms with Crippen LogP contribution in [0.1, 0.15) is 44.9 Å². The molecule has 4 heterocycles. The molecule has 0 radical (unpaired) electrons. The van der Waals surface area contributed by atoms with E-state index in [-0.39, 0.29) is 18.2 Å². The van der Waals surface area contributed by atoms with Crippen LogP contribution in [0.25, 0.3) is 22.4 Å². The average molecular weight is 566 g/mol. The number of ketones is 1. The summed E-state index contributed by atoms with van der Waals surface area (Å²) in [4.78, 5) is 36.1. The lowest BCUT2D eigenvalue weighted by molar-refractivity contribution is 0.0600. The number of hydrogen-bond acceptors (Lipinski definition) is 9. The molecule has 0 N–H and O–H groups in total. The van der Waals surface area contributed by atoms with Crippen LogP contribution in [0, 0.1) is 12.8 Å². The second-order valence-corrected chi connectivity index (χ2v) is 10.5. The molecule has 0 aliphatic carbocycles. The number of piperidine rings is 1. The molecule has 0 amide bonds. The first-order valence-corrected chi connectivity index (χ1v) is 14.0. The van der Waals surface area contributed by atoms with Crippen LogP contribution in [0.5, 0.6) is 5.75 Å². The van der Waals surface area contributed by atoms with Crippen molar-refractivity contribution < 1.29 is 27.9 Å². The first kappa shape index (κ1) is 27.3. The molecule has 214 valence electrons. The lowest BCUT2D eigenvalue weighted by Crippen LogP contribution is -2.36. The highest BCUT2D eigenvalue weighted by atomic mass is 16.5. The zero-order chi connectivity index (χ0) is 29.1. The van der Waals surface area contributed by atoms with Crippen molar-refractivity contribution in [3.8, 4) is 17.2 Å². The van der Waals surface area contributed by atoms with Gasteiger partial charge in [-0.2, -0.15) is 0 Å². The van der Waals surface area contributed by atoms with Crippen LogP contribution < -0.4 is 9.64 Å². The van der Waals surface area contributed by atoms with Crippen molar-refractivity contribution in [1.82, 2.24) is 9.97 Å². The Labute approximate surface area is 243 Å².